The van der Waals surface area contributed by atoms with Gasteiger partial charge in [0.15, 0.2) is 0 Å². The second kappa shape index (κ2) is 14.3. The van der Waals surface area contributed by atoms with Crippen LogP contribution in [0.3, 0.4) is 0 Å². The lowest BCUT2D eigenvalue weighted by atomic mass is 9.87. The fourth-order valence-electron chi connectivity index (χ4n) is 7.47. The molecule has 0 radical (unpaired) electrons. The van der Waals surface area contributed by atoms with Crippen LogP contribution in [0, 0.1) is 0 Å². The van der Waals surface area contributed by atoms with Crippen molar-refractivity contribution >= 4 is 27.8 Å². The van der Waals surface area contributed by atoms with Gasteiger partial charge in [0.1, 0.15) is 0 Å². The van der Waals surface area contributed by atoms with Crippen molar-refractivity contribution in [1.82, 2.24) is 0 Å². The lowest BCUT2D eigenvalue weighted by Gasteiger charge is -2.29. The molecule has 0 bridgehead atoms. The van der Waals surface area contributed by atoms with Crippen molar-refractivity contribution in [3.63, 3.8) is 0 Å². The van der Waals surface area contributed by atoms with Gasteiger partial charge in [-0.25, -0.2) is 0 Å². The van der Waals surface area contributed by atoms with Crippen LogP contribution in [0.15, 0.2) is 224 Å². The number of nitrogens with zero attached hydrogens (tertiary/aromatic N) is 1. The highest BCUT2D eigenvalue weighted by molar-refractivity contribution is 5.99. The summed E-state index contributed by atoms with van der Waals surface area (Å²) in [6, 6.07) is 80.9. The van der Waals surface area contributed by atoms with Gasteiger partial charge in [-0.2, -0.15) is 0 Å². The van der Waals surface area contributed by atoms with Gasteiger partial charge in [0.25, 0.3) is 0 Å². The molecule has 250 valence electrons. The van der Waals surface area contributed by atoms with Gasteiger partial charge in [0.2, 0.25) is 0 Å². The number of benzene rings is 9. The Morgan fingerprint density at radius 1 is 0.226 bits per heavy atom. The molecule has 0 amide bonds. The molecule has 0 saturated heterocycles. The van der Waals surface area contributed by atoms with Crippen molar-refractivity contribution in [1.29, 1.82) is 0 Å². The second-order valence-electron chi connectivity index (χ2n) is 13.3. The number of fused-ring (bicyclic) bond motifs is 1. The highest BCUT2D eigenvalue weighted by atomic mass is 15.1. The average Bonchev–Trinajstić information content (AvgIpc) is 3.25. The summed E-state index contributed by atoms with van der Waals surface area (Å²) in [5.74, 6) is 0. The van der Waals surface area contributed by atoms with Crippen LogP contribution in [0.1, 0.15) is 0 Å². The molecule has 0 spiro atoms. The topological polar surface area (TPSA) is 3.24 Å². The molecule has 0 aliphatic carbocycles. The third-order valence-corrected chi connectivity index (χ3v) is 10.1. The van der Waals surface area contributed by atoms with Crippen LogP contribution in [0.2, 0.25) is 0 Å². The number of para-hydroxylation sites is 1. The Morgan fingerprint density at radius 2 is 0.679 bits per heavy atom. The molecule has 9 rings (SSSR count). The molecule has 0 atom stereocenters. The maximum absolute atomic E-state index is 2.41. The molecule has 9 aromatic rings. The van der Waals surface area contributed by atoms with Crippen LogP contribution >= 0.6 is 0 Å². The minimum atomic E-state index is 1.10. The molecule has 9 aromatic carbocycles. The van der Waals surface area contributed by atoms with Crippen LogP contribution in [0.5, 0.6) is 0 Å². The summed E-state index contributed by atoms with van der Waals surface area (Å²) in [6.07, 6.45) is 0. The zero-order chi connectivity index (χ0) is 35.4. The Labute approximate surface area is 311 Å². The van der Waals surface area contributed by atoms with Gasteiger partial charge in [0.05, 0.1) is 5.69 Å². The Balaban J connectivity index is 1.23. The summed E-state index contributed by atoms with van der Waals surface area (Å²) < 4.78 is 0. The van der Waals surface area contributed by atoms with Gasteiger partial charge < -0.3 is 4.90 Å². The third kappa shape index (κ3) is 6.42. The quantitative estimate of drug-likeness (QED) is 0.155. The predicted octanol–water partition coefficient (Wildman–Crippen LogP) is 14.6. The minimum Gasteiger partial charge on any atom is -0.310 e. The van der Waals surface area contributed by atoms with Gasteiger partial charge in [-0.05, 0) is 97.2 Å². The third-order valence-electron chi connectivity index (χ3n) is 10.1. The van der Waals surface area contributed by atoms with Crippen molar-refractivity contribution in [2.75, 3.05) is 4.90 Å². The van der Waals surface area contributed by atoms with E-state index in [0.717, 1.165) is 22.6 Å². The van der Waals surface area contributed by atoms with Gasteiger partial charge in [-0.3, -0.25) is 0 Å². The summed E-state index contributed by atoms with van der Waals surface area (Å²) in [4.78, 5) is 2.41. The molecule has 0 fully saturated rings. The van der Waals surface area contributed by atoms with E-state index in [1.54, 1.807) is 0 Å². The Hall–Kier alpha value is -6.96. The monoisotopic (exact) mass is 675 g/mol. The summed E-state index contributed by atoms with van der Waals surface area (Å²) in [7, 11) is 0. The highest BCUT2D eigenvalue weighted by Crippen LogP contribution is 2.46. The minimum absolute atomic E-state index is 1.10. The normalized spacial score (nSPS) is 11.0. The first-order valence-corrected chi connectivity index (χ1v) is 18.2. The molecule has 0 saturated carbocycles. The smallest absolute Gasteiger partial charge is 0.0540 e. The summed E-state index contributed by atoms with van der Waals surface area (Å²) >= 11 is 0. The number of hydrogen-bond acceptors (Lipinski definition) is 1. The first-order valence-electron chi connectivity index (χ1n) is 18.2. The largest absolute Gasteiger partial charge is 0.310 e. The predicted molar refractivity (Wildman–Crippen MR) is 226 cm³/mol. The van der Waals surface area contributed by atoms with Gasteiger partial charge in [-0.1, -0.05) is 188 Å². The molecule has 0 aliphatic rings. The van der Waals surface area contributed by atoms with Crippen molar-refractivity contribution < 1.29 is 0 Å². The zero-order valence-corrected chi connectivity index (χ0v) is 29.3. The second-order valence-corrected chi connectivity index (χ2v) is 13.3. The Kier molecular flexibility index (Phi) is 8.66. The van der Waals surface area contributed by atoms with Crippen LogP contribution < -0.4 is 4.90 Å². The van der Waals surface area contributed by atoms with Crippen molar-refractivity contribution in [3.05, 3.63) is 224 Å². The first kappa shape index (κ1) is 32.0. The van der Waals surface area contributed by atoms with E-state index < -0.39 is 0 Å². The molecule has 0 N–H and O–H groups in total. The molecule has 1 heteroatoms. The van der Waals surface area contributed by atoms with Gasteiger partial charge in [-0.15, -0.1) is 0 Å². The molecule has 0 heterocycles. The fraction of sp³-hybridized carbons (Fsp3) is 0. The van der Waals surface area contributed by atoms with E-state index in [1.807, 2.05) is 0 Å². The molecular weight excluding hydrogens is 639 g/mol. The van der Waals surface area contributed by atoms with Crippen molar-refractivity contribution in [3.8, 4) is 55.6 Å². The molecule has 1 nitrogen and oxygen atoms in total. The standard InChI is InChI=1S/C52H37N/c1-4-16-38(17-5-1)41-28-32-45(33-29-41)53(46-34-30-40-20-10-11-23-43(40)36-46)52-27-15-14-26-50(52)48-25-13-12-24-47(48)49-35-31-44(39-18-6-2-7-19-39)37-51(49)42-21-8-3-9-22-42/h1-37H. The highest BCUT2D eigenvalue weighted by Gasteiger charge is 2.21. The molecular formula is C52H37N. The maximum Gasteiger partial charge on any atom is 0.0540 e. The van der Waals surface area contributed by atoms with Crippen molar-refractivity contribution in [2.24, 2.45) is 0 Å². The van der Waals surface area contributed by atoms with E-state index in [-0.39, 0.29) is 0 Å². The fourth-order valence-corrected chi connectivity index (χ4v) is 7.47. The summed E-state index contributed by atoms with van der Waals surface area (Å²) in [6.45, 7) is 0. The number of anilines is 3. The molecule has 0 aromatic heterocycles. The van der Waals surface area contributed by atoms with Gasteiger partial charge >= 0.3 is 0 Å². The lowest BCUT2D eigenvalue weighted by Crippen LogP contribution is -2.11. The number of rotatable bonds is 8. The first-order chi connectivity index (χ1) is 26.3. The van der Waals surface area contributed by atoms with Gasteiger partial charge in [0, 0.05) is 16.9 Å². The van der Waals surface area contributed by atoms with E-state index in [2.05, 4.69) is 229 Å². The molecule has 0 unspecified atom stereocenters. The number of hydrogen-bond donors (Lipinski definition) is 0. The molecule has 53 heavy (non-hydrogen) atoms. The SMILES string of the molecule is c1ccc(-c2ccc(N(c3ccc4ccccc4c3)c3ccccc3-c3ccccc3-c3ccc(-c4ccccc4)cc3-c3ccccc3)cc2)cc1. The summed E-state index contributed by atoms with van der Waals surface area (Å²) in [5.41, 5.74) is 15.3. The van der Waals surface area contributed by atoms with E-state index in [0.29, 0.717) is 0 Å². The van der Waals surface area contributed by atoms with Crippen LogP contribution in [0.25, 0.3) is 66.4 Å². The lowest BCUT2D eigenvalue weighted by molar-refractivity contribution is 1.29. The Morgan fingerprint density at radius 3 is 1.36 bits per heavy atom. The van der Waals surface area contributed by atoms with E-state index in [1.165, 1.54) is 60.8 Å². The zero-order valence-electron chi connectivity index (χ0n) is 29.3. The maximum atomic E-state index is 2.41. The average molecular weight is 676 g/mol. The van der Waals surface area contributed by atoms with E-state index >= 15 is 0 Å². The van der Waals surface area contributed by atoms with E-state index in [4.69, 9.17) is 0 Å². The summed E-state index contributed by atoms with van der Waals surface area (Å²) in [5, 5.41) is 2.43. The Bertz CT molecular complexity index is 2640. The van der Waals surface area contributed by atoms with Crippen LogP contribution in [-0.4, -0.2) is 0 Å². The van der Waals surface area contributed by atoms with Crippen LogP contribution in [0.4, 0.5) is 17.1 Å². The van der Waals surface area contributed by atoms with Crippen molar-refractivity contribution in [2.45, 2.75) is 0 Å². The molecule has 0 aliphatic heterocycles. The van der Waals surface area contributed by atoms with E-state index in [9.17, 15) is 0 Å². The van der Waals surface area contributed by atoms with Crippen LogP contribution in [-0.2, 0) is 0 Å².